The molecule has 0 aromatic carbocycles. The first-order valence-electron chi connectivity index (χ1n) is 3.84. The van der Waals surface area contributed by atoms with Crippen molar-refractivity contribution in [1.29, 1.82) is 0 Å². The molecule has 1 amide bonds. The van der Waals surface area contributed by atoms with Crippen LogP contribution in [0.25, 0.3) is 0 Å². The lowest BCUT2D eigenvalue weighted by Crippen LogP contribution is -2.26. The first-order chi connectivity index (χ1) is 7.34. The Morgan fingerprint density at radius 2 is 2.12 bits per heavy atom. The molecule has 1 aromatic heterocycles. The molecule has 0 spiro atoms. The van der Waals surface area contributed by atoms with Crippen LogP contribution in [-0.4, -0.2) is 15.8 Å². The molecule has 16 heavy (non-hydrogen) atoms. The Morgan fingerprint density at radius 3 is 2.50 bits per heavy atom. The van der Waals surface area contributed by atoms with E-state index < -0.39 is 39.8 Å². The zero-order valence-corrected chi connectivity index (χ0v) is 7.57. The summed E-state index contributed by atoms with van der Waals surface area (Å²) in [5.74, 6) is -1.35. The molecule has 0 atom stereocenters. The third-order valence-electron chi connectivity index (χ3n) is 1.71. The van der Waals surface area contributed by atoms with Crippen LogP contribution in [0.4, 0.5) is 14.5 Å². The predicted molar refractivity (Wildman–Crippen MR) is 47.2 cm³/mol. The van der Waals surface area contributed by atoms with E-state index >= 15 is 0 Å². The maximum Gasteiger partial charge on any atom is 0.289 e. The largest absolute Gasteiger partial charge is 0.365 e. The lowest BCUT2D eigenvalue weighted by atomic mass is 10.2. The van der Waals surface area contributed by atoms with Crippen molar-refractivity contribution in [3.05, 3.63) is 37.8 Å². The number of hydrogen-bond donors (Lipinski definition) is 2. The molecule has 0 fully saturated rings. The zero-order valence-electron chi connectivity index (χ0n) is 7.57. The van der Waals surface area contributed by atoms with Crippen molar-refractivity contribution in [2.24, 2.45) is 5.73 Å². The fourth-order valence-electron chi connectivity index (χ4n) is 1.07. The molecule has 0 aliphatic heterocycles. The van der Waals surface area contributed by atoms with Gasteiger partial charge in [-0.25, -0.2) is 8.78 Å². The van der Waals surface area contributed by atoms with E-state index in [1.165, 1.54) is 0 Å². The number of aromatic amines is 1. The Bertz CT molecular complexity index is 511. The number of amides is 1. The topological polar surface area (TPSA) is 119 Å². The second-order valence-corrected chi connectivity index (χ2v) is 2.74. The number of aromatic nitrogens is 1. The minimum atomic E-state index is -3.09. The van der Waals surface area contributed by atoms with Crippen LogP contribution in [0.2, 0.25) is 0 Å². The van der Waals surface area contributed by atoms with Gasteiger partial charge in [0.25, 0.3) is 23.6 Å². The van der Waals surface area contributed by atoms with Crippen LogP contribution in [-0.2, 0) is 0 Å². The quantitative estimate of drug-likeness (QED) is 0.576. The van der Waals surface area contributed by atoms with E-state index in [1.807, 2.05) is 0 Å². The van der Waals surface area contributed by atoms with E-state index in [9.17, 15) is 28.5 Å². The molecule has 0 saturated heterocycles. The molecule has 1 heterocycles. The maximum atomic E-state index is 12.2. The highest BCUT2D eigenvalue weighted by Gasteiger charge is 2.25. The van der Waals surface area contributed by atoms with E-state index in [-0.39, 0.29) is 0 Å². The number of primary amides is 1. The van der Waals surface area contributed by atoms with Gasteiger partial charge in [-0.15, -0.1) is 0 Å². The van der Waals surface area contributed by atoms with Crippen LogP contribution in [0.1, 0.15) is 22.5 Å². The summed E-state index contributed by atoms with van der Waals surface area (Å²) in [6.07, 6.45) is -3.09. The Labute approximate surface area is 86.0 Å². The van der Waals surface area contributed by atoms with Crippen molar-refractivity contribution < 1.29 is 18.5 Å². The first-order valence-corrected chi connectivity index (χ1v) is 3.84. The Balaban J connectivity index is 3.59. The summed E-state index contributed by atoms with van der Waals surface area (Å²) < 4.78 is 24.4. The summed E-state index contributed by atoms with van der Waals surface area (Å²) in [5, 5.41) is 10.5. The summed E-state index contributed by atoms with van der Waals surface area (Å²) in [4.78, 5) is 32.8. The normalized spacial score (nSPS) is 10.4. The summed E-state index contributed by atoms with van der Waals surface area (Å²) in [6.45, 7) is 0. The van der Waals surface area contributed by atoms with Crippen LogP contribution in [0.3, 0.4) is 0 Å². The van der Waals surface area contributed by atoms with E-state index in [1.54, 1.807) is 4.98 Å². The zero-order chi connectivity index (χ0) is 12.5. The molecule has 1 rings (SSSR count). The number of halogens is 2. The average Bonchev–Trinajstić information content (AvgIpc) is 2.15. The molecular weight excluding hydrogens is 228 g/mol. The minimum absolute atomic E-state index is 0.409. The molecule has 0 unspecified atom stereocenters. The highest BCUT2D eigenvalue weighted by atomic mass is 19.3. The molecule has 86 valence electrons. The van der Waals surface area contributed by atoms with Crippen LogP contribution >= 0.6 is 0 Å². The van der Waals surface area contributed by atoms with Gasteiger partial charge in [-0.3, -0.25) is 19.7 Å². The third kappa shape index (κ3) is 2.02. The van der Waals surface area contributed by atoms with E-state index in [4.69, 9.17) is 5.73 Å². The number of alkyl halides is 2. The summed E-state index contributed by atoms with van der Waals surface area (Å²) in [7, 11) is 0. The lowest BCUT2D eigenvalue weighted by Gasteiger charge is -2.02. The second-order valence-electron chi connectivity index (χ2n) is 2.74. The van der Waals surface area contributed by atoms with E-state index in [2.05, 4.69) is 0 Å². The molecule has 9 heteroatoms. The number of nitrogens with two attached hydrogens (primary N) is 1. The van der Waals surface area contributed by atoms with Crippen LogP contribution < -0.4 is 11.3 Å². The van der Waals surface area contributed by atoms with E-state index in [0.29, 0.717) is 6.07 Å². The van der Waals surface area contributed by atoms with Crippen molar-refractivity contribution in [1.82, 2.24) is 4.98 Å². The molecule has 0 bridgehead atoms. The van der Waals surface area contributed by atoms with Gasteiger partial charge in [0.1, 0.15) is 0 Å². The van der Waals surface area contributed by atoms with Gasteiger partial charge in [0, 0.05) is 6.07 Å². The summed E-state index contributed by atoms with van der Waals surface area (Å²) in [5.41, 5.74) is 0.492. The number of H-pyrrole nitrogens is 1. The second kappa shape index (κ2) is 4.04. The van der Waals surface area contributed by atoms with Crippen LogP contribution in [0.15, 0.2) is 10.9 Å². The summed E-state index contributed by atoms with van der Waals surface area (Å²) in [6, 6.07) is 0.409. The molecule has 1 aromatic rings. The molecule has 3 N–H and O–H groups in total. The predicted octanol–water partition coefficient (Wildman–Crippen LogP) is 0.320. The smallest absolute Gasteiger partial charge is 0.289 e. The van der Waals surface area contributed by atoms with Gasteiger partial charge in [-0.2, -0.15) is 0 Å². The fraction of sp³-hybridized carbons (Fsp3) is 0.143. The fourth-order valence-corrected chi connectivity index (χ4v) is 1.07. The van der Waals surface area contributed by atoms with Gasteiger partial charge >= 0.3 is 0 Å². The van der Waals surface area contributed by atoms with Crippen molar-refractivity contribution in [2.45, 2.75) is 6.43 Å². The number of rotatable bonds is 3. The van der Waals surface area contributed by atoms with Gasteiger partial charge in [0.05, 0.1) is 10.6 Å². The number of nitro groups is 1. The monoisotopic (exact) mass is 233 g/mol. The number of pyridine rings is 1. The average molecular weight is 233 g/mol. The van der Waals surface area contributed by atoms with Crippen molar-refractivity contribution in [3.8, 4) is 0 Å². The molecular formula is C7H5F2N3O4. The Hall–Kier alpha value is -2.32. The first kappa shape index (κ1) is 11.8. The molecule has 0 saturated carbocycles. The van der Waals surface area contributed by atoms with Gasteiger partial charge in [-0.05, 0) is 0 Å². The van der Waals surface area contributed by atoms with Gasteiger partial charge in [0.15, 0.2) is 5.56 Å². The Kier molecular flexibility index (Phi) is 2.97. The molecule has 0 radical (unpaired) electrons. The standard InChI is InChI=1S/C7H5F2N3O4/c8-5(9)2-1-3(12(15)16)4(6(10)13)7(14)11-2/h1,5H,(H2,10,13)(H,11,14). The van der Waals surface area contributed by atoms with Crippen molar-refractivity contribution in [2.75, 3.05) is 0 Å². The third-order valence-corrected chi connectivity index (χ3v) is 1.71. The van der Waals surface area contributed by atoms with Crippen LogP contribution in [0.5, 0.6) is 0 Å². The van der Waals surface area contributed by atoms with Crippen molar-refractivity contribution >= 4 is 11.6 Å². The number of hydrogen-bond acceptors (Lipinski definition) is 4. The molecule has 7 nitrogen and oxygen atoms in total. The Morgan fingerprint density at radius 1 is 1.56 bits per heavy atom. The maximum absolute atomic E-state index is 12.2. The van der Waals surface area contributed by atoms with Crippen molar-refractivity contribution in [3.63, 3.8) is 0 Å². The van der Waals surface area contributed by atoms with E-state index in [0.717, 1.165) is 0 Å². The number of carbonyl (C=O) groups excluding carboxylic acids is 1. The number of nitrogens with zero attached hydrogens (tertiary/aromatic N) is 1. The van der Waals surface area contributed by atoms with Gasteiger partial charge in [0.2, 0.25) is 0 Å². The number of carbonyl (C=O) groups is 1. The minimum Gasteiger partial charge on any atom is -0.365 e. The number of nitrogens with one attached hydrogen (secondary N) is 1. The lowest BCUT2D eigenvalue weighted by molar-refractivity contribution is -0.385. The summed E-state index contributed by atoms with van der Waals surface area (Å²) >= 11 is 0. The molecule has 0 aliphatic rings. The van der Waals surface area contributed by atoms with Crippen LogP contribution in [0, 0.1) is 10.1 Å². The SMILES string of the molecule is NC(=O)c1c([N+](=O)[O-])cc(C(F)F)[nH]c1=O. The van der Waals surface area contributed by atoms with Gasteiger partial charge < -0.3 is 10.7 Å². The van der Waals surface area contributed by atoms with Gasteiger partial charge in [-0.1, -0.05) is 0 Å². The molecule has 0 aliphatic carbocycles. The highest BCUT2D eigenvalue weighted by molar-refractivity contribution is 5.96. The highest BCUT2D eigenvalue weighted by Crippen LogP contribution is 2.21.